The molecule has 4 aliphatic rings. The average molecular weight is 1880 g/mol. The molecule has 9 heteroatoms. The Balaban J connectivity index is 0.000000142. The quantitative estimate of drug-likeness (QED) is 0.101. The first-order valence-corrected chi connectivity index (χ1v) is 51.4. The average Bonchev–Trinajstić information content (AvgIpc) is 1.53. The molecule has 2 spiro atoms. The second-order valence-electron chi connectivity index (χ2n) is 37.2. The van der Waals surface area contributed by atoms with Gasteiger partial charge in [-0.05, 0) is 272 Å². The summed E-state index contributed by atoms with van der Waals surface area (Å²) in [7, 11) is 0. The van der Waals surface area contributed by atoms with Crippen molar-refractivity contribution in [3.8, 4) is 39.1 Å². The molecular formula is C134H88N6S3. The lowest BCUT2D eigenvalue weighted by Crippen LogP contribution is -2.36. The van der Waals surface area contributed by atoms with Crippen molar-refractivity contribution in [1.82, 2.24) is 4.57 Å². The maximum absolute atomic E-state index is 2.51. The largest absolute Gasteiger partial charge is 0.310 e. The predicted octanol–water partition coefficient (Wildman–Crippen LogP) is 37.7. The summed E-state index contributed by atoms with van der Waals surface area (Å²) in [5.74, 6) is 0. The lowest BCUT2D eigenvalue weighted by atomic mass is 9.64. The number of hydrogen-bond acceptors (Lipinski definition) is 8. The molecule has 2 aliphatic carbocycles. The van der Waals surface area contributed by atoms with Crippen LogP contribution in [-0.2, 0) is 10.8 Å². The van der Waals surface area contributed by atoms with Gasteiger partial charge in [0.2, 0.25) is 0 Å². The van der Waals surface area contributed by atoms with E-state index in [0.717, 1.165) is 79.6 Å². The third-order valence-electron chi connectivity index (χ3n) is 29.6. The molecule has 143 heavy (non-hydrogen) atoms. The van der Waals surface area contributed by atoms with Crippen LogP contribution in [0.15, 0.2) is 544 Å². The molecular weight excluding hydrogens is 1790 g/mol. The molecule has 0 fully saturated rings. The van der Waals surface area contributed by atoms with Crippen molar-refractivity contribution in [2.24, 2.45) is 0 Å². The van der Waals surface area contributed by atoms with E-state index in [0.29, 0.717) is 0 Å². The summed E-state index contributed by atoms with van der Waals surface area (Å²) in [5, 5.41) is 7.45. The summed E-state index contributed by atoms with van der Waals surface area (Å²) in [4.78, 5) is 14.7. The van der Waals surface area contributed by atoms with Crippen LogP contribution in [0.3, 0.4) is 0 Å². The summed E-state index contributed by atoms with van der Waals surface area (Å²) in [6.07, 6.45) is 0. The molecule has 29 rings (SSSR count). The fraction of sp³-hybridized carbons (Fsp3) is 0.0149. The third kappa shape index (κ3) is 13.3. The Morgan fingerprint density at radius 1 is 0.189 bits per heavy atom. The standard InChI is InChI=1S/C73H48N4S.C61H40N2S2/c1-5-22-49(23-6-1)74(53-42-45-71-61(46-53)60-32-21-39-69(72(60)78-71)75(50-24-7-2-8-25-50)51-26-9-3-10-27-51)54-40-43-57-56-30-13-15-33-62(56)73(65(57)47-54)63-34-16-19-37-67(63)77(68-38-20-17-35-64(68)73)55-41-44-59-58-31-14-18-36-66(58)76(70(59)48-55)52-28-11-4-12-29-52;1-5-18-41(19-6-1)42-32-35-54-58(38-42)64-59-40-47(33-36-55(59)61(54)52-29-15-13-26-48(52)49-27-14-16-30-53(49)61)63(45-24-11-4-12-25-45)56-31-17-28-50-51-39-46(34-37-57(51)65-60(50)56)62(43-20-7-2-8-21-43)44-22-9-3-10-23-44/h1-48H;1-40H. The highest BCUT2D eigenvalue weighted by Crippen LogP contribution is 2.67. The molecule has 0 amide bonds. The molecule has 3 aromatic heterocycles. The summed E-state index contributed by atoms with van der Waals surface area (Å²) in [6, 6.07) is 197. The zero-order valence-corrected chi connectivity index (χ0v) is 80.2. The minimum atomic E-state index is -0.635. The van der Waals surface area contributed by atoms with E-state index in [9.17, 15) is 0 Å². The van der Waals surface area contributed by atoms with Crippen molar-refractivity contribution < 1.29 is 0 Å². The number of thiophene rings is 2. The van der Waals surface area contributed by atoms with E-state index in [4.69, 9.17) is 0 Å². The first-order valence-electron chi connectivity index (χ1n) is 48.9. The molecule has 0 saturated carbocycles. The van der Waals surface area contributed by atoms with Crippen LogP contribution in [0.2, 0.25) is 0 Å². The molecule has 22 aromatic carbocycles. The first kappa shape index (κ1) is 83.6. The van der Waals surface area contributed by atoms with Crippen molar-refractivity contribution in [2.75, 3.05) is 24.5 Å². The van der Waals surface area contributed by atoms with Crippen LogP contribution in [0.4, 0.5) is 85.3 Å². The van der Waals surface area contributed by atoms with Crippen LogP contribution in [0.5, 0.6) is 0 Å². The topological polar surface area (TPSA) is 21.1 Å². The number of anilines is 15. The fourth-order valence-electron chi connectivity index (χ4n) is 23.7. The molecule has 0 unspecified atom stereocenters. The predicted molar refractivity (Wildman–Crippen MR) is 604 cm³/mol. The van der Waals surface area contributed by atoms with E-state index < -0.39 is 10.8 Å². The van der Waals surface area contributed by atoms with Gasteiger partial charge in [0, 0.05) is 120 Å². The number of hydrogen-bond donors (Lipinski definition) is 0. The van der Waals surface area contributed by atoms with Crippen molar-refractivity contribution >= 4 is 182 Å². The normalized spacial score (nSPS) is 13.0. The summed E-state index contributed by atoms with van der Waals surface area (Å²) >= 11 is 5.64. The number of benzene rings is 22. The van der Waals surface area contributed by atoms with Gasteiger partial charge in [0.1, 0.15) is 0 Å². The Hall–Kier alpha value is -17.6. The van der Waals surface area contributed by atoms with E-state index >= 15 is 0 Å². The van der Waals surface area contributed by atoms with Crippen molar-refractivity contribution in [3.63, 3.8) is 0 Å². The molecule has 0 bridgehead atoms. The van der Waals surface area contributed by atoms with Crippen LogP contribution in [0.25, 0.3) is 101 Å². The van der Waals surface area contributed by atoms with Crippen LogP contribution >= 0.6 is 34.4 Å². The van der Waals surface area contributed by atoms with Gasteiger partial charge in [-0.1, -0.05) is 351 Å². The highest BCUT2D eigenvalue weighted by molar-refractivity contribution is 7.99. The number of fused-ring (bicyclic) bond motifs is 27. The van der Waals surface area contributed by atoms with E-state index in [1.165, 1.54) is 161 Å². The molecule has 6 nitrogen and oxygen atoms in total. The number of para-hydroxylation sites is 10. The molecule has 0 radical (unpaired) electrons. The zero-order valence-electron chi connectivity index (χ0n) is 77.7. The smallest absolute Gasteiger partial charge is 0.0755 e. The Bertz CT molecular complexity index is 9120. The Morgan fingerprint density at radius 3 is 1.06 bits per heavy atom. The van der Waals surface area contributed by atoms with Gasteiger partial charge in [0.05, 0.1) is 54.0 Å². The van der Waals surface area contributed by atoms with Crippen molar-refractivity contribution in [3.05, 3.63) is 578 Å². The van der Waals surface area contributed by atoms with Gasteiger partial charge in [-0.25, -0.2) is 0 Å². The van der Waals surface area contributed by atoms with Gasteiger partial charge in [0.15, 0.2) is 0 Å². The SMILES string of the molecule is c1ccc(-c2ccc3c(c2)Sc2cc(N(c4ccccc4)c4cccc5c4sc4ccc(N(c6ccccc6)c6ccccc6)cc45)ccc2C32c3ccccc3-c3ccccc32)cc1.c1ccc(N(c2ccc3c(c2)C2(c4ccccc4-3)c3ccccc3N(c3ccc4c5ccccc5n(-c5ccccc5)c4c3)c3ccccc32)c2ccc3sc4c(N(c5ccccc5)c5ccccc5)cccc4c3c2)cc1. The third-order valence-corrected chi connectivity index (χ3v) is 33.1. The molecule has 0 atom stereocenters. The van der Waals surface area contributed by atoms with Crippen molar-refractivity contribution in [1.29, 1.82) is 0 Å². The molecule has 25 aromatic rings. The number of nitrogens with zero attached hydrogens (tertiary/aromatic N) is 6. The fourth-order valence-corrected chi connectivity index (χ4v) is 27.3. The highest BCUT2D eigenvalue weighted by Gasteiger charge is 2.54. The Labute approximate surface area is 842 Å². The summed E-state index contributed by atoms with van der Waals surface area (Å²) < 4.78 is 7.44. The molecule has 672 valence electrons. The lowest BCUT2D eigenvalue weighted by Gasteiger charge is -2.45. The van der Waals surface area contributed by atoms with Crippen LogP contribution < -0.4 is 24.5 Å². The Kier molecular flexibility index (Phi) is 20.0. The molecule has 5 heterocycles. The second-order valence-corrected chi connectivity index (χ2v) is 40.4. The van der Waals surface area contributed by atoms with E-state index in [1.54, 1.807) is 0 Å². The molecule has 2 aliphatic heterocycles. The zero-order chi connectivity index (χ0) is 94.2. The monoisotopic (exact) mass is 1880 g/mol. The van der Waals surface area contributed by atoms with Gasteiger partial charge < -0.3 is 29.1 Å². The van der Waals surface area contributed by atoms with Crippen LogP contribution in [0.1, 0.15) is 44.5 Å². The minimum Gasteiger partial charge on any atom is -0.310 e. The number of aromatic nitrogens is 1. The molecule has 0 saturated heterocycles. The van der Waals surface area contributed by atoms with E-state index in [2.05, 4.69) is 563 Å². The maximum Gasteiger partial charge on any atom is 0.0755 e. The van der Waals surface area contributed by atoms with Gasteiger partial charge in [-0.15, -0.1) is 22.7 Å². The van der Waals surface area contributed by atoms with Gasteiger partial charge >= 0.3 is 0 Å². The highest BCUT2D eigenvalue weighted by atomic mass is 32.2. The summed E-state index contributed by atoms with van der Waals surface area (Å²) in [6.45, 7) is 0. The summed E-state index contributed by atoms with van der Waals surface area (Å²) in [5.41, 5.74) is 37.4. The second kappa shape index (κ2) is 34.2. The van der Waals surface area contributed by atoms with Crippen LogP contribution in [-0.4, -0.2) is 4.57 Å². The molecule has 0 N–H and O–H groups in total. The number of rotatable bonds is 15. The van der Waals surface area contributed by atoms with Gasteiger partial charge in [-0.2, -0.15) is 0 Å². The van der Waals surface area contributed by atoms with Gasteiger partial charge in [-0.3, -0.25) is 0 Å². The maximum atomic E-state index is 2.51. The van der Waals surface area contributed by atoms with Crippen LogP contribution in [0, 0.1) is 0 Å². The Morgan fingerprint density at radius 2 is 0.552 bits per heavy atom. The van der Waals surface area contributed by atoms with Gasteiger partial charge in [0.25, 0.3) is 0 Å². The van der Waals surface area contributed by atoms with E-state index in [1.807, 2.05) is 34.4 Å². The first-order chi connectivity index (χ1) is 71.0. The lowest BCUT2D eigenvalue weighted by molar-refractivity contribution is 0.722. The van der Waals surface area contributed by atoms with Crippen molar-refractivity contribution in [2.45, 2.75) is 20.6 Å². The minimum absolute atomic E-state index is 0.467. The van der Waals surface area contributed by atoms with E-state index in [-0.39, 0.29) is 0 Å².